The van der Waals surface area contributed by atoms with Gasteiger partial charge >= 0.3 is 5.82 Å². The van der Waals surface area contributed by atoms with E-state index in [1.54, 1.807) is 6.07 Å². The smallest absolute Gasteiger partial charge is 0.381 e. The van der Waals surface area contributed by atoms with Crippen LogP contribution in [0.2, 0.25) is 0 Å². The number of hydrogen-bond donors (Lipinski definition) is 0. The minimum absolute atomic E-state index is 0.0703. The lowest BCUT2D eigenvalue weighted by atomic mass is 10.0. The van der Waals surface area contributed by atoms with Crippen LogP contribution in [0.3, 0.4) is 0 Å². The fourth-order valence-electron chi connectivity index (χ4n) is 2.68. The predicted octanol–water partition coefficient (Wildman–Crippen LogP) is 1.83. The van der Waals surface area contributed by atoms with Gasteiger partial charge in [-0.1, -0.05) is 0 Å². The summed E-state index contributed by atoms with van der Waals surface area (Å²) in [6, 6.07) is 1.77. The lowest BCUT2D eigenvalue weighted by Crippen LogP contribution is -2.23. The van der Waals surface area contributed by atoms with Gasteiger partial charge in [0.25, 0.3) is 0 Å². The molecule has 0 bridgehead atoms. The van der Waals surface area contributed by atoms with Crippen molar-refractivity contribution in [1.29, 1.82) is 0 Å². The molecule has 2 atom stereocenters. The normalized spacial score (nSPS) is 26.4. The summed E-state index contributed by atoms with van der Waals surface area (Å²) in [4.78, 5) is 16.5. The third-order valence-electron chi connectivity index (χ3n) is 3.57. The average molecular weight is 314 g/mol. The Morgan fingerprint density at radius 3 is 2.72 bits per heavy atom. The van der Waals surface area contributed by atoms with E-state index in [1.807, 2.05) is 4.90 Å². The molecule has 96 valence electrons. The molecule has 2 aliphatic heterocycles. The molecule has 3 heterocycles. The largest absolute Gasteiger partial charge is 0.387 e. The summed E-state index contributed by atoms with van der Waals surface area (Å²) in [6.07, 6.45) is 1.46. The minimum Gasteiger partial charge on any atom is -0.381 e. The Morgan fingerprint density at radius 1 is 1.44 bits per heavy atom. The van der Waals surface area contributed by atoms with Crippen LogP contribution < -0.4 is 4.90 Å². The van der Waals surface area contributed by atoms with Crippen molar-refractivity contribution in [3.05, 3.63) is 26.9 Å². The molecule has 3 rings (SSSR count). The maximum atomic E-state index is 11.0. The first-order valence-electron chi connectivity index (χ1n) is 5.78. The molecule has 6 nitrogen and oxygen atoms in total. The number of anilines is 1. The standard InChI is InChI=1S/C11H12BrN3O3/c12-9-1-10(11(13-2-9)15(16)17)14-3-7-5-18-6-8(7)4-14/h1-2,7-8H,3-6H2/t7-,8+. The maximum absolute atomic E-state index is 11.0. The van der Waals surface area contributed by atoms with E-state index in [1.165, 1.54) is 6.20 Å². The molecule has 7 heteroatoms. The fourth-order valence-corrected chi connectivity index (χ4v) is 3.00. The van der Waals surface area contributed by atoms with Crippen molar-refractivity contribution in [1.82, 2.24) is 4.98 Å². The van der Waals surface area contributed by atoms with E-state index in [0.29, 0.717) is 17.5 Å². The third-order valence-corrected chi connectivity index (χ3v) is 4.00. The molecule has 0 spiro atoms. The van der Waals surface area contributed by atoms with Crippen LogP contribution >= 0.6 is 15.9 Å². The summed E-state index contributed by atoms with van der Waals surface area (Å²) in [7, 11) is 0. The van der Waals surface area contributed by atoms with Gasteiger partial charge < -0.3 is 19.8 Å². The maximum Gasteiger partial charge on any atom is 0.387 e. The van der Waals surface area contributed by atoms with E-state index < -0.39 is 4.92 Å². The molecule has 0 radical (unpaired) electrons. The van der Waals surface area contributed by atoms with E-state index in [4.69, 9.17) is 4.74 Å². The highest BCUT2D eigenvalue weighted by Gasteiger charge is 2.39. The Hall–Kier alpha value is -1.21. The fraction of sp³-hybridized carbons (Fsp3) is 0.545. The number of pyridine rings is 1. The summed E-state index contributed by atoms with van der Waals surface area (Å²) in [6.45, 7) is 3.14. The van der Waals surface area contributed by atoms with Crippen LogP contribution in [0.4, 0.5) is 11.5 Å². The van der Waals surface area contributed by atoms with Crippen molar-refractivity contribution < 1.29 is 9.66 Å². The molecular formula is C11H12BrN3O3. The summed E-state index contributed by atoms with van der Waals surface area (Å²) in [5, 5.41) is 11.0. The Balaban J connectivity index is 1.92. The van der Waals surface area contributed by atoms with Crippen molar-refractivity contribution in [2.45, 2.75) is 0 Å². The molecular weight excluding hydrogens is 302 g/mol. The minimum atomic E-state index is -0.424. The van der Waals surface area contributed by atoms with Crippen LogP contribution in [0.5, 0.6) is 0 Å². The highest BCUT2D eigenvalue weighted by molar-refractivity contribution is 9.10. The molecule has 0 saturated carbocycles. The van der Waals surface area contributed by atoms with E-state index in [-0.39, 0.29) is 5.82 Å². The first-order valence-corrected chi connectivity index (χ1v) is 6.57. The second-order valence-electron chi connectivity index (χ2n) is 4.72. The lowest BCUT2D eigenvalue weighted by Gasteiger charge is -2.18. The summed E-state index contributed by atoms with van der Waals surface area (Å²) < 4.78 is 6.17. The van der Waals surface area contributed by atoms with Gasteiger partial charge in [-0.2, -0.15) is 0 Å². The Morgan fingerprint density at radius 2 is 2.11 bits per heavy atom. The van der Waals surface area contributed by atoms with E-state index in [0.717, 1.165) is 30.8 Å². The van der Waals surface area contributed by atoms with Crippen molar-refractivity contribution in [2.24, 2.45) is 11.8 Å². The first kappa shape index (κ1) is 11.9. The van der Waals surface area contributed by atoms with Gasteiger partial charge in [0.15, 0.2) is 6.20 Å². The zero-order valence-electron chi connectivity index (χ0n) is 9.58. The van der Waals surface area contributed by atoms with Crippen molar-refractivity contribution in [3.63, 3.8) is 0 Å². The molecule has 1 aromatic heterocycles. The van der Waals surface area contributed by atoms with Crippen molar-refractivity contribution >= 4 is 27.4 Å². The van der Waals surface area contributed by atoms with Crippen LogP contribution in [0.25, 0.3) is 0 Å². The number of aromatic nitrogens is 1. The number of halogens is 1. The van der Waals surface area contributed by atoms with Crippen LogP contribution in [-0.4, -0.2) is 36.2 Å². The molecule has 2 saturated heterocycles. The highest BCUT2D eigenvalue weighted by Crippen LogP contribution is 2.36. The molecule has 0 N–H and O–H groups in total. The second-order valence-corrected chi connectivity index (χ2v) is 5.63. The van der Waals surface area contributed by atoms with Gasteiger partial charge in [0, 0.05) is 24.9 Å². The Bertz CT molecular complexity index is 484. The van der Waals surface area contributed by atoms with Crippen molar-refractivity contribution in [3.8, 4) is 0 Å². The third kappa shape index (κ3) is 1.97. The van der Waals surface area contributed by atoms with Crippen molar-refractivity contribution in [2.75, 3.05) is 31.2 Å². The van der Waals surface area contributed by atoms with Gasteiger partial charge in [0.1, 0.15) is 5.69 Å². The van der Waals surface area contributed by atoms with Crippen LogP contribution in [0, 0.1) is 22.0 Å². The number of nitrogens with zero attached hydrogens (tertiary/aromatic N) is 3. The molecule has 0 amide bonds. The van der Waals surface area contributed by atoms with Crippen LogP contribution in [-0.2, 0) is 4.74 Å². The molecule has 2 fully saturated rings. The topological polar surface area (TPSA) is 68.5 Å². The number of fused-ring (bicyclic) bond motifs is 1. The number of rotatable bonds is 2. The Labute approximate surface area is 112 Å². The SMILES string of the molecule is O=[N+]([O-])c1ncc(Br)cc1N1C[C@H]2COC[C@H]2C1. The lowest BCUT2D eigenvalue weighted by molar-refractivity contribution is -0.388. The van der Waals surface area contributed by atoms with Crippen LogP contribution in [0.15, 0.2) is 16.7 Å². The van der Waals surface area contributed by atoms with E-state index >= 15 is 0 Å². The second kappa shape index (κ2) is 4.47. The van der Waals surface area contributed by atoms with Gasteiger partial charge in [0.05, 0.1) is 17.7 Å². The zero-order valence-corrected chi connectivity index (χ0v) is 11.2. The van der Waals surface area contributed by atoms with E-state index in [9.17, 15) is 10.1 Å². The van der Waals surface area contributed by atoms with Crippen LogP contribution in [0.1, 0.15) is 0 Å². The Kier molecular flexibility index (Phi) is 2.95. The first-order chi connectivity index (χ1) is 8.65. The quantitative estimate of drug-likeness (QED) is 0.615. The number of nitro groups is 1. The summed E-state index contributed by atoms with van der Waals surface area (Å²) >= 11 is 3.32. The molecule has 0 aromatic carbocycles. The number of ether oxygens (including phenoxy) is 1. The molecule has 1 aromatic rings. The number of hydrogen-bond acceptors (Lipinski definition) is 5. The van der Waals surface area contributed by atoms with E-state index in [2.05, 4.69) is 20.9 Å². The molecule has 2 aliphatic rings. The van der Waals surface area contributed by atoms with Gasteiger partial charge in [-0.15, -0.1) is 0 Å². The average Bonchev–Trinajstić information content (AvgIpc) is 2.88. The van der Waals surface area contributed by atoms with Gasteiger partial charge in [0.2, 0.25) is 0 Å². The van der Waals surface area contributed by atoms with Gasteiger partial charge in [-0.3, -0.25) is 0 Å². The van der Waals surface area contributed by atoms with Gasteiger partial charge in [-0.05, 0) is 31.9 Å². The summed E-state index contributed by atoms with van der Waals surface area (Å²) in [5.41, 5.74) is 0.601. The molecule has 0 unspecified atom stereocenters. The monoisotopic (exact) mass is 313 g/mol. The molecule has 18 heavy (non-hydrogen) atoms. The zero-order chi connectivity index (χ0) is 12.7. The summed E-state index contributed by atoms with van der Waals surface area (Å²) in [5.74, 6) is 0.909. The highest BCUT2D eigenvalue weighted by atomic mass is 79.9. The predicted molar refractivity (Wildman–Crippen MR) is 68.6 cm³/mol. The molecule has 0 aliphatic carbocycles. The van der Waals surface area contributed by atoms with Gasteiger partial charge in [-0.25, -0.2) is 0 Å².